The molecule has 7 heteroatoms. The Kier molecular flexibility index (Phi) is 4.54. The van der Waals surface area contributed by atoms with Crippen LogP contribution in [0, 0.1) is 0 Å². The molecule has 2 atom stereocenters. The third-order valence-electron chi connectivity index (χ3n) is 3.10. The van der Waals surface area contributed by atoms with Crippen LogP contribution in [0.1, 0.15) is 27.2 Å². The van der Waals surface area contributed by atoms with Gasteiger partial charge in [-0.15, -0.1) is 0 Å². The number of carboxylic acids is 1. The van der Waals surface area contributed by atoms with Gasteiger partial charge in [0.1, 0.15) is 17.7 Å². The minimum Gasteiger partial charge on any atom is -0.480 e. The summed E-state index contributed by atoms with van der Waals surface area (Å²) < 4.78 is 10.9. The van der Waals surface area contributed by atoms with Crippen LogP contribution in [0.15, 0.2) is 24.4 Å². The number of carboxylic acid groups (broad SMARTS) is 1. The van der Waals surface area contributed by atoms with Crippen LogP contribution in [0.3, 0.4) is 0 Å². The number of ether oxygens (including phenoxy) is 2. The van der Waals surface area contributed by atoms with Crippen LogP contribution < -0.4 is 4.74 Å². The largest absolute Gasteiger partial charge is 0.480 e. The molecule has 0 spiro atoms. The molecule has 1 aromatic heterocycles. The molecule has 0 aromatic carbocycles. The van der Waals surface area contributed by atoms with Crippen LogP contribution in [0.5, 0.6) is 5.88 Å². The molecule has 120 valence electrons. The van der Waals surface area contributed by atoms with Gasteiger partial charge in [0.2, 0.25) is 5.88 Å². The van der Waals surface area contributed by atoms with Gasteiger partial charge in [-0.1, -0.05) is 6.07 Å². The maximum absolute atomic E-state index is 12.1. The fourth-order valence-electron chi connectivity index (χ4n) is 2.23. The van der Waals surface area contributed by atoms with Crippen molar-refractivity contribution in [2.75, 3.05) is 6.54 Å². The number of hydrogen-bond donors (Lipinski definition) is 1. The molecule has 1 aliphatic rings. The highest BCUT2D eigenvalue weighted by Crippen LogP contribution is 2.24. The first kappa shape index (κ1) is 16.1. The number of amides is 1. The smallest absolute Gasteiger partial charge is 0.411 e. The van der Waals surface area contributed by atoms with Crippen molar-refractivity contribution < 1.29 is 24.2 Å². The van der Waals surface area contributed by atoms with Gasteiger partial charge in [-0.3, -0.25) is 4.90 Å². The number of aliphatic carboxylic acids is 1. The van der Waals surface area contributed by atoms with Crippen LogP contribution >= 0.6 is 0 Å². The minimum atomic E-state index is -1.07. The van der Waals surface area contributed by atoms with Crippen molar-refractivity contribution in [3.63, 3.8) is 0 Å². The van der Waals surface area contributed by atoms with E-state index in [4.69, 9.17) is 9.47 Å². The van der Waals surface area contributed by atoms with E-state index < -0.39 is 29.8 Å². The second kappa shape index (κ2) is 6.21. The summed E-state index contributed by atoms with van der Waals surface area (Å²) in [5.41, 5.74) is -0.680. The van der Waals surface area contributed by atoms with Gasteiger partial charge in [0.05, 0.1) is 6.54 Å². The lowest BCUT2D eigenvalue weighted by atomic mass is 10.2. The average molecular weight is 308 g/mol. The maximum Gasteiger partial charge on any atom is 0.411 e. The van der Waals surface area contributed by atoms with E-state index in [1.807, 2.05) is 0 Å². The first-order chi connectivity index (χ1) is 10.3. The zero-order chi connectivity index (χ0) is 16.3. The fourth-order valence-corrected chi connectivity index (χ4v) is 2.23. The molecule has 7 nitrogen and oxygen atoms in total. The van der Waals surface area contributed by atoms with Gasteiger partial charge in [0.25, 0.3) is 0 Å². The summed E-state index contributed by atoms with van der Waals surface area (Å²) in [6, 6.07) is 4.27. The second-order valence-corrected chi connectivity index (χ2v) is 6.13. The molecule has 0 aliphatic carbocycles. The van der Waals surface area contributed by atoms with Crippen LogP contribution in [0.4, 0.5) is 4.79 Å². The Bertz CT molecular complexity index is 541. The van der Waals surface area contributed by atoms with Crippen molar-refractivity contribution in [1.29, 1.82) is 0 Å². The van der Waals surface area contributed by atoms with Crippen molar-refractivity contribution in [3.8, 4) is 5.88 Å². The lowest BCUT2D eigenvalue weighted by molar-refractivity contribution is -0.142. The average Bonchev–Trinajstić information content (AvgIpc) is 2.82. The number of rotatable bonds is 3. The summed E-state index contributed by atoms with van der Waals surface area (Å²) in [7, 11) is 0. The van der Waals surface area contributed by atoms with E-state index in [-0.39, 0.29) is 13.0 Å². The number of carbonyl (C=O) groups is 2. The zero-order valence-electron chi connectivity index (χ0n) is 12.9. The molecule has 1 N–H and O–H groups in total. The third kappa shape index (κ3) is 4.09. The van der Waals surface area contributed by atoms with Gasteiger partial charge >= 0.3 is 12.1 Å². The summed E-state index contributed by atoms with van der Waals surface area (Å²) in [6.07, 6.45) is 0.714. The van der Waals surface area contributed by atoms with E-state index in [0.717, 1.165) is 0 Å². The van der Waals surface area contributed by atoms with E-state index in [1.165, 1.54) is 4.90 Å². The van der Waals surface area contributed by atoms with Gasteiger partial charge in [0, 0.05) is 18.7 Å². The third-order valence-corrected chi connectivity index (χ3v) is 3.10. The molecule has 22 heavy (non-hydrogen) atoms. The maximum atomic E-state index is 12.1. The normalized spacial score (nSPS) is 21.5. The summed E-state index contributed by atoms with van der Waals surface area (Å²) in [5, 5.41) is 9.29. The summed E-state index contributed by atoms with van der Waals surface area (Å²) in [5.74, 6) is -0.666. The molecule has 0 bridgehead atoms. The topological polar surface area (TPSA) is 89.0 Å². The molecule has 1 fully saturated rings. The highest BCUT2D eigenvalue weighted by Gasteiger charge is 2.42. The number of likely N-dealkylation sites (tertiary alicyclic amines) is 1. The first-order valence-electron chi connectivity index (χ1n) is 7.06. The zero-order valence-corrected chi connectivity index (χ0v) is 12.9. The summed E-state index contributed by atoms with van der Waals surface area (Å²) in [6.45, 7) is 5.36. The van der Waals surface area contributed by atoms with Gasteiger partial charge < -0.3 is 14.6 Å². The van der Waals surface area contributed by atoms with E-state index in [9.17, 15) is 14.7 Å². The van der Waals surface area contributed by atoms with E-state index in [1.54, 1.807) is 45.2 Å². The lowest BCUT2D eigenvalue weighted by Crippen LogP contribution is -2.43. The predicted octanol–water partition coefficient (Wildman–Crippen LogP) is 1.92. The van der Waals surface area contributed by atoms with Gasteiger partial charge in [-0.25, -0.2) is 14.6 Å². The van der Waals surface area contributed by atoms with Crippen LogP contribution in [-0.4, -0.2) is 51.3 Å². The Labute approximate surface area is 128 Å². The molecule has 2 rings (SSSR count). The Morgan fingerprint density at radius 3 is 2.64 bits per heavy atom. The van der Waals surface area contributed by atoms with Gasteiger partial charge in [0.15, 0.2) is 0 Å². The molecule has 1 aromatic rings. The first-order valence-corrected chi connectivity index (χ1v) is 7.06. The predicted molar refractivity (Wildman–Crippen MR) is 77.6 cm³/mol. The lowest BCUT2D eigenvalue weighted by Gasteiger charge is -2.26. The van der Waals surface area contributed by atoms with Crippen molar-refractivity contribution in [3.05, 3.63) is 24.4 Å². The van der Waals surface area contributed by atoms with Crippen LogP contribution in [0.25, 0.3) is 0 Å². The number of carbonyl (C=O) groups excluding carboxylic acids is 1. The monoisotopic (exact) mass is 308 g/mol. The SMILES string of the molecule is CC(C)(C)OC(=O)N1C[C@@H](Oc2ccccn2)C[C@H]1C(=O)O. The Balaban J connectivity index is 2.06. The fraction of sp³-hybridized carbons (Fsp3) is 0.533. The number of nitrogens with zero attached hydrogens (tertiary/aromatic N) is 2. The van der Waals surface area contributed by atoms with Crippen LogP contribution in [0.2, 0.25) is 0 Å². The van der Waals surface area contributed by atoms with Crippen molar-refractivity contribution in [1.82, 2.24) is 9.88 Å². The highest BCUT2D eigenvalue weighted by molar-refractivity contribution is 5.81. The van der Waals surface area contributed by atoms with Gasteiger partial charge in [-0.05, 0) is 26.8 Å². The quantitative estimate of drug-likeness (QED) is 0.917. The summed E-state index contributed by atoms with van der Waals surface area (Å²) >= 11 is 0. The van der Waals surface area contributed by atoms with E-state index in [2.05, 4.69) is 4.98 Å². The minimum absolute atomic E-state index is 0.155. The second-order valence-electron chi connectivity index (χ2n) is 6.13. The highest BCUT2D eigenvalue weighted by atomic mass is 16.6. The Morgan fingerprint density at radius 2 is 2.09 bits per heavy atom. The van der Waals surface area contributed by atoms with E-state index >= 15 is 0 Å². The van der Waals surface area contributed by atoms with Crippen LogP contribution in [-0.2, 0) is 9.53 Å². The molecule has 1 amide bonds. The Hall–Kier alpha value is -2.31. The van der Waals surface area contributed by atoms with E-state index in [0.29, 0.717) is 5.88 Å². The molecule has 0 radical (unpaired) electrons. The molecule has 2 heterocycles. The van der Waals surface area contributed by atoms with Crippen molar-refractivity contribution in [2.24, 2.45) is 0 Å². The molecule has 0 saturated carbocycles. The number of aromatic nitrogens is 1. The molecule has 0 unspecified atom stereocenters. The Morgan fingerprint density at radius 1 is 1.36 bits per heavy atom. The molecule has 1 aliphatic heterocycles. The van der Waals surface area contributed by atoms with Gasteiger partial charge in [-0.2, -0.15) is 0 Å². The number of hydrogen-bond acceptors (Lipinski definition) is 5. The number of pyridine rings is 1. The summed E-state index contributed by atoms with van der Waals surface area (Å²) in [4.78, 5) is 28.7. The molecular formula is C15H20N2O5. The van der Waals surface area contributed by atoms with Crippen molar-refractivity contribution >= 4 is 12.1 Å². The van der Waals surface area contributed by atoms with Crippen molar-refractivity contribution in [2.45, 2.75) is 44.9 Å². The molecular weight excluding hydrogens is 288 g/mol. The standard InChI is InChI=1S/C15H20N2O5/c1-15(2,3)22-14(20)17-9-10(8-11(17)13(18)19)21-12-6-4-5-7-16-12/h4-7,10-11H,8-9H2,1-3H3,(H,18,19)/t10-,11-/m0/s1. The molecule has 1 saturated heterocycles.